The lowest BCUT2D eigenvalue weighted by atomic mass is 9.88. The highest BCUT2D eigenvalue weighted by Crippen LogP contribution is 2.29. The first-order valence-electron chi connectivity index (χ1n) is 5.83. The lowest BCUT2D eigenvalue weighted by Crippen LogP contribution is -2.27. The van der Waals surface area contributed by atoms with E-state index in [1.807, 2.05) is 0 Å². The van der Waals surface area contributed by atoms with E-state index in [1.54, 1.807) is 18.4 Å². The number of aliphatic imine (C=N–C) groups is 1. The van der Waals surface area contributed by atoms with E-state index >= 15 is 0 Å². The van der Waals surface area contributed by atoms with Gasteiger partial charge in [0, 0.05) is 31.4 Å². The third-order valence-electron chi connectivity index (χ3n) is 3.11. The third-order valence-corrected chi connectivity index (χ3v) is 3.11. The summed E-state index contributed by atoms with van der Waals surface area (Å²) in [6, 6.07) is 3.43. The van der Waals surface area contributed by atoms with Gasteiger partial charge < -0.3 is 5.11 Å². The lowest BCUT2D eigenvalue weighted by molar-refractivity contribution is -0.385. The maximum atomic E-state index is 13.7. The molecule has 1 unspecified atom stereocenters. The van der Waals surface area contributed by atoms with Crippen molar-refractivity contribution in [2.24, 2.45) is 4.99 Å². The molecule has 0 fully saturated rings. The smallest absolute Gasteiger partial charge is 0.269 e. The zero-order chi connectivity index (χ0) is 13.9. The van der Waals surface area contributed by atoms with Crippen LogP contribution >= 0.6 is 0 Å². The zero-order valence-corrected chi connectivity index (χ0v) is 10.1. The molecule has 2 rings (SSSR count). The molecule has 0 aromatic heterocycles. The Balaban J connectivity index is 2.31. The van der Waals surface area contributed by atoms with Gasteiger partial charge in [-0.1, -0.05) is 6.08 Å². The third kappa shape index (κ3) is 2.85. The Morgan fingerprint density at radius 3 is 2.84 bits per heavy atom. The van der Waals surface area contributed by atoms with Gasteiger partial charge in [0.1, 0.15) is 5.82 Å². The molecule has 0 radical (unpaired) electrons. The van der Waals surface area contributed by atoms with Crippen molar-refractivity contribution in [2.75, 3.05) is 6.61 Å². The summed E-state index contributed by atoms with van der Waals surface area (Å²) in [5.41, 5.74) is -0.627. The van der Waals surface area contributed by atoms with Crippen LogP contribution in [0.2, 0.25) is 0 Å². The van der Waals surface area contributed by atoms with Crippen molar-refractivity contribution in [1.82, 2.24) is 0 Å². The monoisotopic (exact) mass is 264 g/mol. The summed E-state index contributed by atoms with van der Waals surface area (Å²) >= 11 is 0. The fourth-order valence-electron chi connectivity index (χ4n) is 2.13. The molecular weight excluding hydrogens is 251 g/mol. The Kier molecular flexibility index (Phi) is 3.71. The number of hydrogen-bond donors (Lipinski definition) is 1. The molecule has 0 saturated carbocycles. The van der Waals surface area contributed by atoms with Crippen LogP contribution in [0.5, 0.6) is 0 Å². The highest BCUT2D eigenvalue weighted by molar-refractivity contribution is 5.75. The maximum absolute atomic E-state index is 13.7. The fraction of sp³-hybridized carbons (Fsp3) is 0.308. The summed E-state index contributed by atoms with van der Waals surface area (Å²) in [7, 11) is 0. The molecule has 5 nitrogen and oxygen atoms in total. The topological polar surface area (TPSA) is 75.7 Å². The predicted octanol–water partition coefficient (Wildman–Crippen LogP) is 2.04. The van der Waals surface area contributed by atoms with Crippen LogP contribution in [0, 0.1) is 15.9 Å². The van der Waals surface area contributed by atoms with Gasteiger partial charge in [0.15, 0.2) is 0 Å². The van der Waals surface area contributed by atoms with Crippen LogP contribution in [0.25, 0.3) is 0 Å². The molecule has 6 heteroatoms. The van der Waals surface area contributed by atoms with Crippen LogP contribution in [0.4, 0.5) is 10.1 Å². The van der Waals surface area contributed by atoms with Crippen LogP contribution in [-0.4, -0.2) is 28.4 Å². The van der Waals surface area contributed by atoms with Crippen LogP contribution in [0.1, 0.15) is 12.0 Å². The molecule has 0 bridgehead atoms. The molecule has 1 aromatic rings. The molecule has 1 aliphatic heterocycles. The molecule has 0 aliphatic carbocycles. The number of halogens is 1. The lowest BCUT2D eigenvalue weighted by Gasteiger charge is -2.23. The fourth-order valence-corrected chi connectivity index (χ4v) is 2.13. The van der Waals surface area contributed by atoms with Gasteiger partial charge in [0.25, 0.3) is 5.69 Å². The minimum absolute atomic E-state index is 0.0851. The molecular formula is C13H13FN2O3. The molecule has 100 valence electrons. The Labute approximate surface area is 109 Å². The first kappa shape index (κ1) is 13.4. The molecule has 0 spiro atoms. The SMILES string of the molecule is O=[N+]([O-])c1ccc(F)c(CC2(CCO)C=CC=N2)c1. The number of nitro groups is 1. The summed E-state index contributed by atoms with van der Waals surface area (Å²) < 4.78 is 13.7. The van der Waals surface area contributed by atoms with Gasteiger partial charge in [-0.2, -0.15) is 0 Å². The normalized spacial score (nSPS) is 20.9. The number of nitro benzene ring substituents is 1. The number of allylic oxidation sites excluding steroid dienone is 1. The second kappa shape index (κ2) is 5.27. The molecule has 0 amide bonds. The van der Waals surface area contributed by atoms with E-state index in [0.29, 0.717) is 6.42 Å². The van der Waals surface area contributed by atoms with Crippen molar-refractivity contribution >= 4 is 11.9 Å². The Hall–Kier alpha value is -2.08. The number of non-ortho nitro benzene ring substituents is 1. The standard InChI is InChI=1S/C13H13FN2O3/c14-12-3-2-11(16(18)19)8-10(12)9-13(5-7-17)4-1-6-15-13/h1-4,6,8,17H,5,7,9H2. The van der Waals surface area contributed by atoms with Crippen LogP contribution < -0.4 is 0 Å². The van der Waals surface area contributed by atoms with Crippen LogP contribution in [-0.2, 0) is 6.42 Å². The van der Waals surface area contributed by atoms with E-state index in [9.17, 15) is 14.5 Å². The molecule has 1 atom stereocenters. The van der Waals surface area contributed by atoms with Crippen molar-refractivity contribution in [3.05, 3.63) is 51.8 Å². The Morgan fingerprint density at radius 2 is 2.26 bits per heavy atom. The van der Waals surface area contributed by atoms with Gasteiger partial charge in [-0.15, -0.1) is 0 Å². The predicted molar refractivity (Wildman–Crippen MR) is 68.8 cm³/mol. The zero-order valence-electron chi connectivity index (χ0n) is 10.1. The highest BCUT2D eigenvalue weighted by Gasteiger charge is 2.29. The van der Waals surface area contributed by atoms with Crippen LogP contribution in [0.15, 0.2) is 35.3 Å². The average molecular weight is 264 g/mol. The van der Waals surface area contributed by atoms with Crippen molar-refractivity contribution in [3.8, 4) is 0 Å². The van der Waals surface area contributed by atoms with Gasteiger partial charge in [0.05, 0.1) is 10.5 Å². The van der Waals surface area contributed by atoms with E-state index in [1.165, 1.54) is 6.07 Å². The molecule has 19 heavy (non-hydrogen) atoms. The average Bonchev–Trinajstić information content (AvgIpc) is 2.81. The summed E-state index contributed by atoms with van der Waals surface area (Å²) in [4.78, 5) is 14.4. The quantitative estimate of drug-likeness (QED) is 0.653. The van der Waals surface area contributed by atoms with Crippen molar-refractivity contribution in [3.63, 3.8) is 0 Å². The van der Waals surface area contributed by atoms with Crippen molar-refractivity contribution < 1.29 is 14.4 Å². The number of nitrogens with zero attached hydrogens (tertiary/aromatic N) is 2. The molecule has 1 aliphatic rings. The highest BCUT2D eigenvalue weighted by atomic mass is 19.1. The van der Waals surface area contributed by atoms with Gasteiger partial charge >= 0.3 is 0 Å². The second-order valence-electron chi connectivity index (χ2n) is 4.42. The van der Waals surface area contributed by atoms with Gasteiger partial charge in [0.2, 0.25) is 0 Å². The number of aliphatic hydroxyl groups excluding tert-OH is 1. The van der Waals surface area contributed by atoms with Crippen molar-refractivity contribution in [1.29, 1.82) is 0 Å². The van der Waals surface area contributed by atoms with Gasteiger partial charge in [-0.05, 0) is 24.1 Å². The summed E-state index contributed by atoms with van der Waals surface area (Å²) in [6.45, 7) is -0.0851. The van der Waals surface area contributed by atoms with E-state index in [2.05, 4.69) is 4.99 Å². The van der Waals surface area contributed by atoms with E-state index in [4.69, 9.17) is 5.11 Å². The maximum Gasteiger partial charge on any atom is 0.269 e. The number of hydrogen-bond acceptors (Lipinski definition) is 4. The largest absolute Gasteiger partial charge is 0.396 e. The molecule has 1 aromatic carbocycles. The first-order valence-corrected chi connectivity index (χ1v) is 5.83. The number of aliphatic hydroxyl groups is 1. The summed E-state index contributed by atoms with van der Waals surface area (Å²) in [6.07, 6.45) is 5.63. The Morgan fingerprint density at radius 1 is 1.47 bits per heavy atom. The molecule has 0 saturated heterocycles. The Bertz CT molecular complexity index is 543. The van der Waals surface area contributed by atoms with E-state index in [-0.39, 0.29) is 24.3 Å². The number of rotatable bonds is 5. The van der Waals surface area contributed by atoms with E-state index in [0.717, 1.165) is 12.1 Å². The van der Waals surface area contributed by atoms with E-state index < -0.39 is 16.3 Å². The van der Waals surface area contributed by atoms with Crippen molar-refractivity contribution in [2.45, 2.75) is 18.4 Å². The summed E-state index contributed by atoms with van der Waals surface area (Å²) in [5.74, 6) is -0.501. The summed E-state index contributed by atoms with van der Waals surface area (Å²) in [5, 5.41) is 19.8. The second-order valence-corrected chi connectivity index (χ2v) is 4.42. The van der Waals surface area contributed by atoms with Gasteiger partial charge in [-0.3, -0.25) is 15.1 Å². The van der Waals surface area contributed by atoms with Crippen LogP contribution in [0.3, 0.4) is 0 Å². The minimum atomic E-state index is -0.704. The van der Waals surface area contributed by atoms with Gasteiger partial charge in [-0.25, -0.2) is 4.39 Å². The molecule has 1 heterocycles. The molecule has 1 N–H and O–H groups in total. The first-order chi connectivity index (χ1) is 9.06. The number of benzene rings is 1. The minimum Gasteiger partial charge on any atom is -0.396 e.